The molecule has 0 amide bonds. The van der Waals surface area contributed by atoms with Crippen molar-refractivity contribution in [2.75, 3.05) is 6.61 Å². The number of hydrogen-bond donors (Lipinski definition) is 1. The highest BCUT2D eigenvalue weighted by atomic mass is 16.3. The second-order valence-corrected chi connectivity index (χ2v) is 4.91. The highest BCUT2D eigenvalue weighted by molar-refractivity contribution is 5.19. The van der Waals surface area contributed by atoms with Crippen LogP contribution >= 0.6 is 0 Å². The molecule has 1 aromatic heterocycles. The zero-order valence-corrected chi connectivity index (χ0v) is 9.40. The summed E-state index contributed by atoms with van der Waals surface area (Å²) >= 11 is 0. The predicted molar refractivity (Wildman–Crippen MR) is 58.6 cm³/mol. The summed E-state index contributed by atoms with van der Waals surface area (Å²) in [4.78, 5) is 8.83. The van der Waals surface area contributed by atoms with Gasteiger partial charge >= 0.3 is 0 Å². The normalized spacial score (nSPS) is 18.1. The van der Waals surface area contributed by atoms with Gasteiger partial charge in [0.05, 0.1) is 12.0 Å². The molecule has 0 bridgehead atoms. The van der Waals surface area contributed by atoms with Crippen LogP contribution in [0.25, 0.3) is 0 Å². The van der Waals surface area contributed by atoms with Gasteiger partial charge in [-0.15, -0.1) is 0 Å². The Bertz CT molecular complexity index is 345. The van der Waals surface area contributed by atoms with E-state index in [0.29, 0.717) is 5.92 Å². The van der Waals surface area contributed by atoms with Gasteiger partial charge in [-0.05, 0) is 31.2 Å². The Hall–Kier alpha value is -0.960. The van der Waals surface area contributed by atoms with Crippen molar-refractivity contribution in [2.45, 2.75) is 38.5 Å². The average molecular weight is 206 g/mol. The fourth-order valence-corrected chi connectivity index (χ4v) is 1.79. The summed E-state index contributed by atoms with van der Waals surface area (Å²) in [7, 11) is 0. The molecule has 0 saturated heterocycles. The number of aliphatic hydroxyl groups is 1. The van der Waals surface area contributed by atoms with Gasteiger partial charge in [-0.2, -0.15) is 0 Å². The van der Waals surface area contributed by atoms with Gasteiger partial charge in [0.2, 0.25) is 0 Å². The molecule has 1 heterocycles. The van der Waals surface area contributed by atoms with E-state index < -0.39 is 0 Å². The van der Waals surface area contributed by atoms with Crippen molar-refractivity contribution in [1.82, 2.24) is 9.97 Å². The van der Waals surface area contributed by atoms with Crippen LogP contribution in [-0.4, -0.2) is 21.7 Å². The smallest absolute Gasteiger partial charge is 0.136 e. The van der Waals surface area contributed by atoms with E-state index in [9.17, 15) is 5.11 Å². The second-order valence-electron chi connectivity index (χ2n) is 4.91. The van der Waals surface area contributed by atoms with Crippen LogP contribution in [0.3, 0.4) is 0 Å². The third-order valence-corrected chi connectivity index (χ3v) is 2.96. The summed E-state index contributed by atoms with van der Waals surface area (Å²) in [6.07, 6.45) is 4.84. The maximum atomic E-state index is 9.30. The minimum atomic E-state index is -0.104. The average Bonchev–Trinajstić information content (AvgIpc) is 2.97. The Kier molecular flexibility index (Phi) is 2.74. The fraction of sp³-hybridized carbons (Fsp3) is 0.667. The lowest BCUT2D eigenvalue weighted by Crippen LogP contribution is -2.17. The molecule has 0 unspecified atom stereocenters. The number of aliphatic hydroxyl groups excluding tert-OH is 1. The van der Waals surface area contributed by atoms with Crippen molar-refractivity contribution in [3.8, 4) is 0 Å². The Morgan fingerprint density at radius 2 is 2.20 bits per heavy atom. The largest absolute Gasteiger partial charge is 0.395 e. The molecule has 0 spiro atoms. The molecule has 82 valence electrons. The molecule has 1 N–H and O–H groups in total. The molecule has 0 atom stereocenters. The standard InChI is InChI=1S/C12H18N2O/c1-9(2)7-10-3-6-13-11(14-10)12(8-15)4-5-12/h3,6,9,15H,4-5,7-8H2,1-2H3. The zero-order chi connectivity index (χ0) is 10.9. The van der Waals surface area contributed by atoms with E-state index in [0.717, 1.165) is 30.8 Å². The van der Waals surface area contributed by atoms with Gasteiger partial charge in [0.15, 0.2) is 0 Å². The van der Waals surface area contributed by atoms with E-state index in [1.54, 1.807) is 0 Å². The summed E-state index contributed by atoms with van der Waals surface area (Å²) in [5, 5.41) is 9.30. The van der Waals surface area contributed by atoms with Crippen LogP contribution in [0.4, 0.5) is 0 Å². The van der Waals surface area contributed by atoms with Crippen LogP contribution in [0.5, 0.6) is 0 Å². The maximum Gasteiger partial charge on any atom is 0.136 e. The highest BCUT2D eigenvalue weighted by Gasteiger charge is 2.46. The zero-order valence-electron chi connectivity index (χ0n) is 9.40. The number of hydrogen-bond acceptors (Lipinski definition) is 3. The molecule has 1 saturated carbocycles. The van der Waals surface area contributed by atoms with Crippen LogP contribution in [0.2, 0.25) is 0 Å². The maximum absolute atomic E-state index is 9.30. The van der Waals surface area contributed by atoms with Gasteiger partial charge in [0.1, 0.15) is 5.82 Å². The predicted octanol–water partition coefficient (Wildman–Crippen LogP) is 1.70. The van der Waals surface area contributed by atoms with Crippen molar-refractivity contribution >= 4 is 0 Å². The van der Waals surface area contributed by atoms with Gasteiger partial charge in [-0.1, -0.05) is 13.8 Å². The number of nitrogens with zero attached hydrogens (tertiary/aromatic N) is 2. The molecule has 1 aliphatic carbocycles. The lowest BCUT2D eigenvalue weighted by Gasteiger charge is -2.11. The molecule has 0 radical (unpaired) electrons. The molecule has 2 rings (SSSR count). The Balaban J connectivity index is 2.19. The van der Waals surface area contributed by atoms with Gasteiger partial charge in [-0.25, -0.2) is 9.97 Å². The van der Waals surface area contributed by atoms with Gasteiger partial charge < -0.3 is 5.11 Å². The van der Waals surface area contributed by atoms with Crippen LogP contribution in [-0.2, 0) is 11.8 Å². The first kappa shape index (κ1) is 10.6. The van der Waals surface area contributed by atoms with Crippen molar-refractivity contribution in [1.29, 1.82) is 0 Å². The number of aromatic nitrogens is 2. The van der Waals surface area contributed by atoms with E-state index in [4.69, 9.17) is 0 Å². The highest BCUT2D eigenvalue weighted by Crippen LogP contribution is 2.45. The lowest BCUT2D eigenvalue weighted by molar-refractivity contribution is 0.249. The SMILES string of the molecule is CC(C)Cc1ccnc(C2(CO)CC2)n1. The summed E-state index contributed by atoms with van der Waals surface area (Å²) in [5.41, 5.74) is 0.988. The monoisotopic (exact) mass is 206 g/mol. The van der Waals surface area contributed by atoms with Crippen molar-refractivity contribution < 1.29 is 5.11 Å². The Morgan fingerprint density at radius 1 is 1.47 bits per heavy atom. The van der Waals surface area contributed by atoms with E-state index in [2.05, 4.69) is 23.8 Å². The summed E-state index contributed by atoms with van der Waals surface area (Å²) in [6, 6.07) is 1.97. The van der Waals surface area contributed by atoms with Gasteiger partial charge in [-0.3, -0.25) is 0 Å². The molecule has 1 aliphatic rings. The quantitative estimate of drug-likeness (QED) is 0.815. The molecular weight excluding hydrogens is 188 g/mol. The first-order valence-electron chi connectivity index (χ1n) is 5.59. The summed E-state index contributed by atoms with van der Waals surface area (Å²) in [6.45, 7) is 4.54. The molecule has 0 aromatic carbocycles. The van der Waals surface area contributed by atoms with Gasteiger partial charge in [0, 0.05) is 11.9 Å². The first-order chi connectivity index (χ1) is 7.16. The Labute approximate surface area is 90.6 Å². The van der Waals surface area contributed by atoms with Gasteiger partial charge in [0.25, 0.3) is 0 Å². The van der Waals surface area contributed by atoms with Crippen LogP contribution in [0, 0.1) is 5.92 Å². The Morgan fingerprint density at radius 3 is 2.73 bits per heavy atom. The number of rotatable bonds is 4. The third kappa shape index (κ3) is 2.17. The molecular formula is C12H18N2O. The van der Waals surface area contributed by atoms with Crippen molar-refractivity contribution in [3.05, 3.63) is 23.8 Å². The molecule has 15 heavy (non-hydrogen) atoms. The third-order valence-electron chi connectivity index (χ3n) is 2.96. The molecule has 3 nitrogen and oxygen atoms in total. The summed E-state index contributed by atoms with van der Waals surface area (Å²) in [5.74, 6) is 1.44. The molecule has 3 heteroatoms. The first-order valence-corrected chi connectivity index (χ1v) is 5.59. The minimum Gasteiger partial charge on any atom is -0.395 e. The second kappa shape index (κ2) is 3.89. The van der Waals surface area contributed by atoms with E-state index in [-0.39, 0.29) is 12.0 Å². The van der Waals surface area contributed by atoms with Crippen LogP contribution in [0.1, 0.15) is 38.2 Å². The minimum absolute atomic E-state index is 0.104. The van der Waals surface area contributed by atoms with E-state index in [1.807, 2.05) is 12.3 Å². The fourth-order valence-electron chi connectivity index (χ4n) is 1.79. The van der Waals surface area contributed by atoms with Crippen molar-refractivity contribution in [2.24, 2.45) is 5.92 Å². The van der Waals surface area contributed by atoms with E-state index >= 15 is 0 Å². The molecule has 1 aromatic rings. The molecule has 0 aliphatic heterocycles. The summed E-state index contributed by atoms with van der Waals surface area (Å²) < 4.78 is 0. The van der Waals surface area contributed by atoms with Crippen molar-refractivity contribution in [3.63, 3.8) is 0 Å². The van der Waals surface area contributed by atoms with Crippen LogP contribution < -0.4 is 0 Å². The van der Waals surface area contributed by atoms with E-state index in [1.165, 1.54) is 0 Å². The lowest BCUT2D eigenvalue weighted by atomic mass is 10.1. The topological polar surface area (TPSA) is 46.0 Å². The molecule has 1 fully saturated rings. The van der Waals surface area contributed by atoms with Crippen LogP contribution in [0.15, 0.2) is 12.3 Å².